The molecule has 0 spiro atoms. The van der Waals surface area contributed by atoms with Crippen LogP contribution in [-0.2, 0) is 20.6 Å². The Morgan fingerprint density at radius 3 is 2.70 bits per heavy atom. The van der Waals surface area contributed by atoms with E-state index in [1.807, 2.05) is 6.07 Å². The molecule has 9 nitrogen and oxygen atoms in total. The Morgan fingerprint density at radius 2 is 1.89 bits per heavy atom. The topological polar surface area (TPSA) is 101 Å². The Balaban J connectivity index is 1.65. The van der Waals surface area contributed by atoms with Gasteiger partial charge < -0.3 is 13.7 Å². The smallest absolute Gasteiger partial charge is 0.339 e. The lowest BCUT2D eigenvalue weighted by molar-refractivity contribution is 0.301. The molecule has 0 aliphatic carbocycles. The summed E-state index contributed by atoms with van der Waals surface area (Å²) in [6.45, 7) is 0.517. The van der Waals surface area contributed by atoms with Crippen molar-refractivity contribution in [1.82, 2.24) is 18.7 Å². The lowest BCUT2D eigenvalue weighted by atomic mass is 10.2. The monoisotopic (exact) mass is 368 g/mol. The molecule has 3 heterocycles. The molecule has 0 bridgehead atoms. The molecule has 4 aromatic rings. The maximum atomic E-state index is 12.4. The van der Waals surface area contributed by atoms with Gasteiger partial charge >= 0.3 is 11.3 Å². The zero-order valence-corrected chi connectivity index (χ0v) is 14.7. The molecule has 3 aromatic heterocycles. The number of benzene rings is 1. The highest BCUT2D eigenvalue weighted by atomic mass is 16.5. The third-order valence-electron chi connectivity index (χ3n) is 4.42. The SMILES string of the molecule is Cn1c(=O)c2c(ncn2CCOc2cc(=O)oc3ccccc23)n(C)c1=O. The maximum Gasteiger partial charge on any atom is 0.339 e. The largest absolute Gasteiger partial charge is 0.491 e. The number of hydrogen-bond acceptors (Lipinski definition) is 6. The summed E-state index contributed by atoms with van der Waals surface area (Å²) in [7, 11) is 2.99. The van der Waals surface area contributed by atoms with E-state index in [1.54, 1.807) is 29.8 Å². The van der Waals surface area contributed by atoms with Gasteiger partial charge in [0.2, 0.25) is 0 Å². The van der Waals surface area contributed by atoms with Gasteiger partial charge in [0.1, 0.15) is 17.9 Å². The van der Waals surface area contributed by atoms with Gasteiger partial charge in [0.05, 0.1) is 24.3 Å². The van der Waals surface area contributed by atoms with Crippen molar-refractivity contribution in [3.63, 3.8) is 0 Å². The number of rotatable bonds is 4. The molecule has 1 aromatic carbocycles. The number of aryl methyl sites for hydroxylation is 1. The molecular formula is C18H16N4O5. The molecule has 138 valence electrons. The summed E-state index contributed by atoms with van der Waals surface area (Å²) in [5.74, 6) is 0.409. The Hall–Kier alpha value is -3.62. The van der Waals surface area contributed by atoms with Crippen molar-refractivity contribution < 1.29 is 9.15 Å². The van der Waals surface area contributed by atoms with Gasteiger partial charge in [-0.2, -0.15) is 0 Å². The van der Waals surface area contributed by atoms with Crippen LogP contribution in [0.25, 0.3) is 22.1 Å². The zero-order valence-electron chi connectivity index (χ0n) is 14.7. The lowest BCUT2D eigenvalue weighted by Crippen LogP contribution is -2.37. The first-order valence-corrected chi connectivity index (χ1v) is 8.24. The van der Waals surface area contributed by atoms with Crippen LogP contribution in [0.4, 0.5) is 0 Å². The summed E-state index contributed by atoms with van der Waals surface area (Å²) >= 11 is 0. The Morgan fingerprint density at radius 1 is 1.11 bits per heavy atom. The van der Waals surface area contributed by atoms with Crippen molar-refractivity contribution in [3.8, 4) is 5.75 Å². The average molecular weight is 368 g/mol. The number of fused-ring (bicyclic) bond motifs is 2. The van der Waals surface area contributed by atoms with Crippen LogP contribution in [0.5, 0.6) is 5.75 Å². The normalized spacial score (nSPS) is 11.3. The van der Waals surface area contributed by atoms with E-state index in [0.717, 1.165) is 4.57 Å². The molecule has 0 atom stereocenters. The van der Waals surface area contributed by atoms with Gasteiger partial charge in [0.15, 0.2) is 11.2 Å². The molecular weight excluding hydrogens is 352 g/mol. The third-order valence-corrected chi connectivity index (χ3v) is 4.42. The fourth-order valence-corrected chi connectivity index (χ4v) is 3.02. The second-order valence-electron chi connectivity index (χ2n) is 6.09. The molecule has 0 N–H and O–H groups in total. The van der Waals surface area contributed by atoms with Crippen molar-refractivity contribution in [1.29, 1.82) is 0 Å². The number of para-hydroxylation sites is 1. The molecule has 0 radical (unpaired) electrons. The minimum Gasteiger partial charge on any atom is -0.491 e. The first-order valence-electron chi connectivity index (χ1n) is 8.24. The average Bonchev–Trinajstić information content (AvgIpc) is 3.08. The van der Waals surface area contributed by atoms with Crippen LogP contribution in [0.3, 0.4) is 0 Å². The number of aromatic nitrogens is 4. The summed E-state index contributed by atoms with van der Waals surface area (Å²) in [4.78, 5) is 40.3. The minimum absolute atomic E-state index is 0.199. The molecule has 9 heteroatoms. The highest BCUT2D eigenvalue weighted by Gasteiger charge is 2.14. The zero-order chi connectivity index (χ0) is 19.1. The van der Waals surface area contributed by atoms with E-state index >= 15 is 0 Å². The number of nitrogens with zero attached hydrogens (tertiary/aromatic N) is 4. The maximum absolute atomic E-state index is 12.4. The molecule has 0 saturated carbocycles. The molecule has 0 unspecified atom stereocenters. The second-order valence-corrected chi connectivity index (χ2v) is 6.09. The fraction of sp³-hybridized carbons (Fsp3) is 0.222. The highest BCUT2D eigenvalue weighted by Crippen LogP contribution is 2.23. The third kappa shape index (κ3) is 2.73. The van der Waals surface area contributed by atoms with E-state index in [-0.39, 0.29) is 6.61 Å². The van der Waals surface area contributed by atoms with Gasteiger partial charge in [-0.3, -0.25) is 13.9 Å². The van der Waals surface area contributed by atoms with Crippen molar-refractivity contribution in [2.45, 2.75) is 6.54 Å². The Bertz CT molecular complexity index is 1340. The Kier molecular flexibility index (Phi) is 3.91. The molecule has 0 aliphatic rings. The van der Waals surface area contributed by atoms with Gasteiger partial charge in [-0.1, -0.05) is 12.1 Å². The first-order chi connectivity index (χ1) is 13.0. The first kappa shape index (κ1) is 16.8. The van der Waals surface area contributed by atoms with Gasteiger partial charge in [-0.25, -0.2) is 14.6 Å². The molecule has 27 heavy (non-hydrogen) atoms. The van der Waals surface area contributed by atoms with Crippen molar-refractivity contribution in [3.05, 3.63) is 67.9 Å². The van der Waals surface area contributed by atoms with Crippen molar-refractivity contribution >= 4 is 22.1 Å². The predicted octanol–water partition coefficient (Wildman–Crippen LogP) is 0.619. The van der Waals surface area contributed by atoms with Gasteiger partial charge in [0, 0.05) is 14.1 Å². The van der Waals surface area contributed by atoms with Crippen molar-refractivity contribution in [2.24, 2.45) is 14.1 Å². The molecule has 0 amide bonds. The van der Waals surface area contributed by atoms with E-state index in [2.05, 4.69) is 4.98 Å². The molecule has 0 fully saturated rings. The predicted molar refractivity (Wildman–Crippen MR) is 98.2 cm³/mol. The number of hydrogen-bond donors (Lipinski definition) is 0. The van der Waals surface area contributed by atoms with Crippen LogP contribution < -0.4 is 21.6 Å². The van der Waals surface area contributed by atoms with E-state index in [9.17, 15) is 14.4 Å². The lowest BCUT2D eigenvalue weighted by Gasteiger charge is -2.10. The van der Waals surface area contributed by atoms with E-state index in [4.69, 9.17) is 9.15 Å². The second kappa shape index (κ2) is 6.27. The standard InChI is InChI=1S/C18H16N4O5/c1-20-16-15(17(24)21(2)18(20)25)22(10-19-16)7-8-26-13-9-14(23)27-12-6-4-3-5-11(12)13/h3-6,9-10H,7-8H2,1-2H3. The number of imidazole rings is 1. The van der Waals surface area contributed by atoms with Gasteiger partial charge in [-0.05, 0) is 12.1 Å². The van der Waals surface area contributed by atoms with E-state index in [1.165, 1.54) is 24.0 Å². The van der Waals surface area contributed by atoms with Crippen LogP contribution in [0, 0.1) is 0 Å². The van der Waals surface area contributed by atoms with Crippen LogP contribution in [0.2, 0.25) is 0 Å². The summed E-state index contributed by atoms with van der Waals surface area (Å²) in [5, 5.41) is 0.686. The van der Waals surface area contributed by atoms with E-state index in [0.29, 0.717) is 34.4 Å². The van der Waals surface area contributed by atoms with Crippen LogP contribution in [0.1, 0.15) is 0 Å². The number of ether oxygens (including phenoxy) is 1. The quantitative estimate of drug-likeness (QED) is 0.490. The molecule has 0 aliphatic heterocycles. The summed E-state index contributed by atoms with van der Waals surface area (Å²) in [5.41, 5.74) is -0.278. The summed E-state index contributed by atoms with van der Waals surface area (Å²) in [6.07, 6.45) is 1.49. The van der Waals surface area contributed by atoms with Crippen LogP contribution in [-0.4, -0.2) is 25.3 Å². The van der Waals surface area contributed by atoms with Crippen LogP contribution in [0.15, 0.2) is 55.5 Å². The van der Waals surface area contributed by atoms with Gasteiger partial charge in [0.25, 0.3) is 5.56 Å². The van der Waals surface area contributed by atoms with Crippen molar-refractivity contribution in [2.75, 3.05) is 6.61 Å². The summed E-state index contributed by atoms with van der Waals surface area (Å²) < 4.78 is 14.9. The minimum atomic E-state index is -0.499. The van der Waals surface area contributed by atoms with Crippen LogP contribution >= 0.6 is 0 Å². The molecule has 0 saturated heterocycles. The highest BCUT2D eigenvalue weighted by molar-refractivity contribution is 5.82. The fourth-order valence-electron chi connectivity index (χ4n) is 3.02. The Labute approximate surface area is 151 Å². The molecule has 4 rings (SSSR count). The van der Waals surface area contributed by atoms with E-state index < -0.39 is 16.9 Å². The summed E-state index contributed by atoms with van der Waals surface area (Å²) in [6, 6.07) is 8.37. The van der Waals surface area contributed by atoms with Gasteiger partial charge in [-0.15, -0.1) is 0 Å².